The summed E-state index contributed by atoms with van der Waals surface area (Å²) in [6.07, 6.45) is 2.59. The zero-order valence-corrected chi connectivity index (χ0v) is 10.1. The van der Waals surface area contributed by atoms with Crippen molar-refractivity contribution in [3.8, 4) is 0 Å². The second kappa shape index (κ2) is 5.00. The summed E-state index contributed by atoms with van der Waals surface area (Å²) >= 11 is 1.76. The lowest BCUT2D eigenvalue weighted by Crippen LogP contribution is -2.16. The van der Waals surface area contributed by atoms with Crippen LogP contribution < -0.4 is 0 Å². The van der Waals surface area contributed by atoms with Crippen LogP contribution in [0.15, 0.2) is 18.2 Å². The van der Waals surface area contributed by atoms with Crippen LogP contribution >= 0.6 is 11.8 Å². The molecule has 2 rings (SSSR count). The van der Waals surface area contributed by atoms with Gasteiger partial charge in [-0.05, 0) is 48.8 Å². The first-order chi connectivity index (χ1) is 7.66. The topological polar surface area (TPSA) is 17.1 Å². The van der Waals surface area contributed by atoms with Gasteiger partial charge >= 0.3 is 0 Å². The van der Waals surface area contributed by atoms with Crippen LogP contribution in [-0.4, -0.2) is 16.8 Å². The van der Waals surface area contributed by atoms with Gasteiger partial charge in [0.05, 0.1) is 5.25 Å². The average molecular weight is 238 g/mol. The number of ketones is 1. The van der Waals surface area contributed by atoms with Gasteiger partial charge in [-0.3, -0.25) is 4.79 Å². The Morgan fingerprint density at radius 3 is 3.00 bits per heavy atom. The fourth-order valence-electron chi connectivity index (χ4n) is 1.99. The Morgan fingerprint density at radius 1 is 1.56 bits per heavy atom. The van der Waals surface area contributed by atoms with E-state index in [1.54, 1.807) is 17.8 Å². The van der Waals surface area contributed by atoms with Crippen LogP contribution in [0.5, 0.6) is 0 Å². The van der Waals surface area contributed by atoms with E-state index in [4.69, 9.17) is 0 Å². The molecule has 1 aromatic carbocycles. The summed E-state index contributed by atoms with van der Waals surface area (Å²) in [6.45, 7) is 1.85. The Morgan fingerprint density at radius 2 is 2.38 bits per heavy atom. The molecule has 1 aliphatic rings. The Balaban J connectivity index is 2.05. The minimum atomic E-state index is -0.232. The number of rotatable bonds is 3. The number of hydrogen-bond donors (Lipinski definition) is 0. The van der Waals surface area contributed by atoms with Crippen molar-refractivity contribution in [1.29, 1.82) is 0 Å². The van der Waals surface area contributed by atoms with E-state index >= 15 is 0 Å². The molecule has 0 aliphatic carbocycles. The molecule has 86 valence electrons. The van der Waals surface area contributed by atoms with E-state index in [-0.39, 0.29) is 16.9 Å². The number of carbonyl (C=O) groups excluding carboxylic acids is 1. The second-order valence-electron chi connectivity index (χ2n) is 4.22. The molecule has 1 atom stereocenters. The Bertz CT molecular complexity index is 397. The normalized spacial score (nSPS) is 20.0. The monoisotopic (exact) mass is 238 g/mol. The van der Waals surface area contributed by atoms with E-state index in [0.29, 0.717) is 6.42 Å². The maximum Gasteiger partial charge on any atom is 0.150 e. The summed E-state index contributed by atoms with van der Waals surface area (Å²) in [5.74, 6) is 1.15. The number of thioether (sulfide) groups is 1. The Hall–Kier alpha value is -0.830. The van der Waals surface area contributed by atoms with Crippen molar-refractivity contribution in [3.05, 3.63) is 35.1 Å². The van der Waals surface area contributed by atoms with Gasteiger partial charge in [-0.25, -0.2) is 4.39 Å². The fourth-order valence-corrected chi connectivity index (χ4v) is 3.21. The molecule has 0 bridgehead atoms. The molecule has 0 radical (unpaired) electrons. The quantitative estimate of drug-likeness (QED) is 0.804. The molecule has 1 fully saturated rings. The van der Waals surface area contributed by atoms with Crippen molar-refractivity contribution < 1.29 is 9.18 Å². The fraction of sp³-hybridized carbons (Fsp3) is 0.462. The molecule has 1 heterocycles. The number of benzene rings is 1. The van der Waals surface area contributed by atoms with Crippen molar-refractivity contribution >= 4 is 17.5 Å². The molecule has 1 nitrogen and oxygen atoms in total. The number of Topliss-reactive ketones (excluding diaryl/α,β-unsaturated/α-hetero) is 1. The molecule has 0 saturated carbocycles. The summed E-state index contributed by atoms with van der Waals surface area (Å²) in [4.78, 5) is 11.9. The van der Waals surface area contributed by atoms with E-state index < -0.39 is 0 Å². The summed E-state index contributed by atoms with van der Waals surface area (Å²) in [7, 11) is 0. The summed E-state index contributed by atoms with van der Waals surface area (Å²) in [5, 5.41) is 0.171. The van der Waals surface area contributed by atoms with E-state index in [0.717, 1.165) is 29.7 Å². The number of carbonyl (C=O) groups is 1. The number of hydrogen-bond acceptors (Lipinski definition) is 2. The van der Waals surface area contributed by atoms with E-state index in [1.807, 2.05) is 6.92 Å². The number of halogens is 1. The lowest BCUT2D eigenvalue weighted by atomic mass is 10.0. The van der Waals surface area contributed by atoms with Crippen LogP contribution in [0.25, 0.3) is 0 Å². The van der Waals surface area contributed by atoms with Crippen molar-refractivity contribution in [2.45, 2.75) is 31.4 Å². The highest BCUT2D eigenvalue weighted by atomic mass is 32.2. The van der Waals surface area contributed by atoms with Crippen molar-refractivity contribution in [3.63, 3.8) is 0 Å². The standard InChI is InChI=1S/C13H15FOS/c1-9-7-11(14)5-4-10(9)8-12(15)13-3-2-6-16-13/h4-5,7,13H,2-3,6,8H2,1H3. The summed E-state index contributed by atoms with van der Waals surface area (Å²) < 4.78 is 12.9. The third-order valence-electron chi connectivity index (χ3n) is 2.96. The molecule has 16 heavy (non-hydrogen) atoms. The average Bonchev–Trinajstić information content (AvgIpc) is 2.75. The second-order valence-corrected chi connectivity index (χ2v) is 5.53. The SMILES string of the molecule is Cc1cc(F)ccc1CC(=O)C1CCCS1. The van der Waals surface area contributed by atoms with Crippen LogP contribution in [0.3, 0.4) is 0 Å². The van der Waals surface area contributed by atoms with Gasteiger partial charge in [-0.2, -0.15) is 11.8 Å². The van der Waals surface area contributed by atoms with E-state index in [1.165, 1.54) is 12.1 Å². The molecule has 1 unspecified atom stereocenters. The van der Waals surface area contributed by atoms with Gasteiger partial charge in [0.15, 0.2) is 0 Å². The van der Waals surface area contributed by atoms with Crippen LogP contribution in [0.4, 0.5) is 4.39 Å². The highest BCUT2D eigenvalue weighted by Gasteiger charge is 2.23. The van der Waals surface area contributed by atoms with Gasteiger partial charge in [-0.1, -0.05) is 6.07 Å². The largest absolute Gasteiger partial charge is 0.298 e. The summed E-state index contributed by atoms with van der Waals surface area (Å²) in [5.41, 5.74) is 1.83. The zero-order valence-electron chi connectivity index (χ0n) is 9.33. The first-order valence-corrected chi connectivity index (χ1v) is 6.61. The third-order valence-corrected chi connectivity index (χ3v) is 4.38. The molecule has 0 amide bonds. The predicted octanol–water partition coefficient (Wildman–Crippen LogP) is 3.14. The first-order valence-electron chi connectivity index (χ1n) is 5.56. The molecular weight excluding hydrogens is 223 g/mol. The first kappa shape index (κ1) is 11.6. The molecule has 1 saturated heterocycles. The minimum Gasteiger partial charge on any atom is -0.298 e. The predicted molar refractivity (Wildman–Crippen MR) is 65.3 cm³/mol. The molecule has 0 spiro atoms. The smallest absolute Gasteiger partial charge is 0.150 e. The van der Waals surface area contributed by atoms with Gasteiger partial charge in [-0.15, -0.1) is 0 Å². The molecule has 0 aromatic heterocycles. The lowest BCUT2D eigenvalue weighted by Gasteiger charge is -2.09. The van der Waals surface area contributed by atoms with Crippen LogP contribution in [0, 0.1) is 12.7 Å². The highest BCUT2D eigenvalue weighted by molar-refractivity contribution is 8.00. The van der Waals surface area contributed by atoms with Gasteiger partial charge in [0.2, 0.25) is 0 Å². The maximum atomic E-state index is 12.9. The molecular formula is C13H15FOS. The van der Waals surface area contributed by atoms with Crippen molar-refractivity contribution in [1.82, 2.24) is 0 Å². The number of aryl methyl sites for hydroxylation is 1. The highest BCUT2D eigenvalue weighted by Crippen LogP contribution is 2.28. The van der Waals surface area contributed by atoms with Crippen molar-refractivity contribution in [2.75, 3.05) is 5.75 Å². The van der Waals surface area contributed by atoms with Gasteiger partial charge < -0.3 is 0 Å². The Kier molecular flexibility index (Phi) is 3.64. The molecule has 3 heteroatoms. The van der Waals surface area contributed by atoms with Crippen LogP contribution in [-0.2, 0) is 11.2 Å². The van der Waals surface area contributed by atoms with Crippen LogP contribution in [0.1, 0.15) is 24.0 Å². The Labute approximate surface area is 99.4 Å². The van der Waals surface area contributed by atoms with Gasteiger partial charge in [0.25, 0.3) is 0 Å². The van der Waals surface area contributed by atoms with Crippen molar-refractivity contribution in [2.24, 2.45) is 0 Å². The van der Waals surface area contributed by atoms with Gasteiger partial charge in [0, 0.05) is 6.42 Å². The van der Waals surface area contributed by atoms with Crippen LogP contribution in [0.2, 0.25) is 0 Å². The summed E-state index contributed by atoms with van der Waals surface area (Å²) in [6, 6.07) is 4.64. The van der Waals surface area contributed by atoms with E-state index in [9.17, 15) is 9.18 Å². The minimum absolute atomic E-state index is 0.171. The molecule has 0 N–H and O–H groups in total. The molecule has 1 aromatic rings. The lowest BCUT2D eigenvalue weighted by molar-refractivity contribution is -0.117. The maximum absolute atomic E-state index is 12.9. The third kappa shape index (κ3) is 2.64. The van der Waals surface area contributed by atoms with Gasteiger partial charge in [0.1, 0.15) is 11.6 Å². The zero-order chi connectivity index (χ0) is 11.5. The van der Waals surface area contributed by atoms with E-state index in [2.05, 4.69) is 0 Å². The molecule has 1 aliphatic heterocycles.